The first-order valence-corrected chi connectivity index (χ1v) is 2.52. The molecular formula is C6H9ClN2. The van der Waals surface area contributed by atoms with Gasteiger partial charge in [0.2, 0.25) is 6.20 Å². The van der Waals surface area contributed by atoms with Crippen LogP contribution < -0.4 is 22.9 Å². The Bertz CT molecular complexity index is 171. The molecule has 0 spiro atoms. The van der Waals surface area contributed by atoms with E-state index in [9.17, 15) is 0 Å². The minimum atomic E-state index is 0. The lowest BCUT2D eigenvalue weighted by Gasteiger charge is -1.84. The maximum absolute atomic E-state index is 5.38. The van der Waals surface area contributed by atoms with Crippen LogP contribution in [0, 0.1) is 6.92 Å². The van der Waals surface area contributed by atoms with Crippen LogP contribution in [-0.2, 0) is 0 Å². The lowest BCUT2D eigenvalue weighted by Crippen LogP contribution is -3.00. The van der Waals surface area contributed by atoms with Crippen molar-refractivity contribution >= 4 is 0 Å². The molecule has 50 valence electrons. The van der Waals surface area contributed by atoms with E-state index in [-0.39, 0.29) is 12.4 Å². The van der Waals surface area contributed by atoms with Crippen LogP contribution in [0.4, 0.5) is 0 Å². The second-order valence-corrected chi connectivity index (χ2v) is 1.83. The molecule has 2 N–H and O–H groups in total. The molecule has 0 bridgehead atoms. The van der Waals surface area contributed by atoms with Gasteiger partial charge in [0, 0.05) is 11.6 Å². The number of aryl methyl sites for hydroxylation is 1. The molecule has 1 aromatic heterocycles. The van der Waals surface area contributed by atoms with Crippen LogP contribution >= 0.6 is 0 Å². The summed E-state index contributed by atoms with van der Waals surface area (Å²) in [5.41, 5.74) is 1.18. The molecule has 9 heavy (non-hydrogen) atoms. The zero-order chi connectivity index (χ0) is 5.98. The second-order valence-electron chi connectivity index (χ2n) is 1.83. The predicted molar refractivity (Wildman–Crippen MR) is 31.5 cm³/mol. The first kappa shape index (κ1) is 8.24. The summed E-state index contributed by atoms with van der Waals surface area (Å²) in [5, 5.41) is 0. The number of hydrogen-bond donors (Lipinski definition) is 1. The highest BCUT2D eigenvalue weighted by Crippen LogP contribution is 1.86. The van der Waals surface area contributed by atoms with Crippen LogP contribution in [0.3, 0.4) is 0 Å². The molecular weight excluding hydrogens is 136 g/mol. The van der Waals surface area contributed by atoms with Gasteiger partial charge < -0.3 is 12.4 Å². The molecule has 1 heterocycles. The summed E-state index contributed by atoms with van der Waals surface area (Å²) >= 11 is 0. The third kappa shape index (κ3) is 2.33. The molecule has 2 nitrogen and oxygen atoms in total. The molecule has 0 aliphatic rings. The van der Waals surface area contributed by atoms with E-state index in [4.69, 9.17) is 5.84 Å². The number of nitrogens with zero attached hydrogens (tertiary/aromatic N) is 1. The minimum absolute atomic E-state index is 0. The van der Waals surface area contributed by atoms with Crippen molar-refractivity contribution in [3.8, 4) is 0 Å². The lowest BCUT2D eigenvalue weighted by molar-refractivity contribution is -0.639. The van der Waals surface area contributed by atoms with Crippen molar-refractivity contribution in [3.63, 3.8) is 0 Å². The highest BCUT2D eigenvalue weighted by Gasteiger charge is 1.88. The number of halogens is 1. The minimum Gasteiger partial charge on any atom is -1.00 e. The Hall–Kier alpha value is -0.760. The van der Waals surface area contributed by atoms with Gasteiger partial charge in [-0.15, -0.1) is 0 Å². The predicted octanol–water partition coefficient (Wildman–Crippen LogP) is -3.00. The van der Waals surface area contributed by atoms with E-state index in [0.717, 1.165) is 0 Å². The summed E-state index contributed by atoms with van der Waals surface area (Å²) in [4.78, 5) is 0. The zero-order valence-electron chi connectivity index (χ0n) is 5.21. The average Bonchev–Trinajstić information content (AvgIpc) is 1.64. The van der Waals surface area contributed by atoms with Crippen molar-refractivity contribution in [1.82, 2.24) is 0 Å². The fourth-order valence-corrected chi connectivity index (χ4v) is 0.615. The van der Waals surface area contributed by atoms with Crippen molar-refractivity contribution in [1.29, 1.82) is 0 Å². The summed E-state index contributed by atoms with van der Waals surface area (Å²) in [5.74, 6) is 5.38. The first-order chi connectivity index (χ1) is 3.79. The smallest absolute Gasteiger partial charge is 0.202 e. The second kappa shape index (κ2) is 3.30. The van der Waals surface area contributed by atoms with Gasteiger partial charge in [-0.05, 0) is 13.0 Å². The fourth-order valence-electron chi connectivity index (χ4n) is 0.615. The topological polar surface area (TPSA) is 29.9 Å². The summed E-state index contributed by atoms with van der Waals surface area (Å²) in [6, 6.07) is 3.92. The number of nitrogens with two attached hydrogens (primary N) is 1. The molecule has 0 radical (unpaired) electrons. The highest BCUT2D eigenvalue weighted by atomic mass is 35.5. The molecule has 0 aliphatic carbocycles. The number of pyridine rings is 1. The van der Waals surface area contributed by atoms with Gasteiger partial charge in [0.15, 0.2) is 6.20 Å². The zero-order valence-corrected chi connectivity index (χ0v) is 5.97. The summed E-state index contributed by atoms with van der Waals surface area (Å²) < 4.78 is 1.54. The van der Waals surface area contributed by atoms with Crippen molar-refractivity contribution in [2.45, 2.75) is 6.92 Å². The van der Waals surface area contributed by atoms with E-state index < -0.39 is 0 Å². The molecule has 0 fully saturated rings. The molecule has 3 heteroatoms. The SMILES string of the molecule is Cc1ccc[n+](N)c1.[Cl-]. The Balaban J connectivity index is 0.000000640. The molecule has 0 saturated heterocycles. The maximum Gasteiger partial charge on any atom is 0.202 e. The summed E-state index contributed by atoms with van der Waals surface area (Å²) in [6.07, 6.45) is 3.66. The van der Waals surface area contributed by atoms with Gasteiger partial charge in [-0.2, -0.15) is 0 Å². The Labute approximate surface area is 60.7 Å². The molecule has 1 aromatic rings. The van der Waals surface area contributed by atoms with Gasteiger partial charge in [-0.3, -0.25) is 0 Å². The van der Waals surface area contributed by atoms with Crippen molar-refractivity contribution in [2.75, 3.05) is 5.84 Å². The third-order valence-corrected chi connectivity index (χ3v) is 0.970. The number of nitrogen functional groups attached to an aromatic ring is 1. The van der Waals surface area contributed by atoms with Crippen LogP contribution in [0.1, 0.15) is 5.56 Å². The Morgan fingerprint density at radius 3 is 2.56 bits per heavy atom. The van der Waals surface area contributed by atoms with Crippen LogP contribution in [0.15, 0.2) is 24.5 Å². The largest absolute Gasteiger partial charge is 1.00 e. The van der Waals surface area contributed by atoms with Gasteiger partial charge in [0.1, 0.15) is 0 Å². The van der Waals surface area contributed by atoms with E-state index in [0.29, 0.717) is 0 Å². The van der Waals surface area contributed by atoms with Crippen LogP contribution in [0.25, 0.3) is 0 Å². The third-order valence-electron chi connectivity index (χ3n) is 0.970. The Kier molecular flexibility index (Phi) is 3.02. The van der Waals surface area contributed by atoms with E-state index in [1.807, 2.05) is 25.3 Å². The quantitative estimate of drug-likeness (QED) is 0.305. The first-order valence-electron chi connectivity index (χ1n) is 2.52. The van der Waals surface area contributed by atoms with Crippen LogP contribution in [-0.4, -0.2) is 0 Å². The Morgan fingerprint density at radius 1 is 1.56 bits per heavy atom. The summed E-state index contributed by atoms with van der Waals surface area (Å²) in [6.45, 7) is 2.00. The van der Waals surface area contributed by atoms with Gasteiger partial charge in [-0.25, -0.2) is 5.84 Å². The van der Waals surface area contributed by atoms with E-state index >= 15 is 0 Å². The molecule has 0 unspecified atom stereocenters. The molecule has 0 atom stereocenters. The van der Waals surface area contributed by atoms with Gasteiger partial charge in [0.25, 0.3) is 0 Å². The molecule has 0 aromatic carbocycles. The maximum atomic E-state index is 5.38. The normalized spacial score (nSPS) is 8.11. The average molecular weight is 145 g/mol. The summed E-state index contributed by atoms with van der Waals surface area (Å²) in [7, 11) is 0. The number of aromatic nitrogens is 1. The molecule has 0 saturated carbocycles. The van der Waals surface area contributed by atoms with E-state index in [1.165, 1.54) is 10.2 Å². The van der Waals surface area contributed by atoms with Crippen LogP contribution in [0.5, 0.6) is 0 Å². The number of rotatable bonds is 0. The fraction of sp³-hybridized carbons (Fsp3) is 0.167. The standard InChI is InChI=1S/C6H9N2.ClH/c1-6-3-2-4-8(7)5-6;/h2-5H,7H2,1H3;1H/q+1;/p-1. The van der Waals surface area contributed by atoms with Crippen molar-refractivity contribution in [2.24, 2.45) is 0 Å². The van der Waals surface area contributed by atoms with Gasteiger partial charge in [-0.1, -0.05) is 4.68 Å². The monoisotopic (exact) mass is 144 g/mol. The molecule has 1 rings (SSSR count). The Morgan fingerprint density at radius 2 is 2.22 bits per heavy atom. The van der Waals surface area contributed by atoms with E-state index in [2.05, 4.69) is 0 Å². The lowest BCUT2D eigenvalue weighted by atomic mass is 10.3. The van der Waals surface area contributed by atoms with E-state index in [1.54, 1.807) is 6.20 Å². The highest BCUT2D eigenvalue weighted by molar-refractivity contribution is 5.01. The van der Waals surface area contributed by atoms with Crippen molar-refractivity contribution < 1.29 is 17.1 Å². The van der Waals surface area contributed by atoms with Crippen molar-refractivity contribution in [3.05, 3.63) is 30.1 Å². The van der Waals surface area contributed by atoms with Gasteiger partial charge in [0.05, 0.1) is 0 Å². The van der Waals surface area contributed by atoms with Gasteiger partial charge >= 0.3 is 0 Å². The molecule has 0 amide bonds. The molecule has 0 aliphatic heterocycles. The van der Waals surface area contributed by atoms with Crippen LogP contribution in [0.2, 0.25) is 0 Å². The number of hydrogen-bond acceptors (Lipinski definition) is 1.